The van der Waals surface area contributed by atoms with E-state index in [0.717, 1.165) is 25.7 Å². The highest BCUT2D eigenvalue weighted by atomic mass is 35.5. The van der Waals surface area contributed by atoms with Crippen molar-refractivity contribution in [3.05, 3.63) is 0 Å². The van der Waals surface area contributed by atoms with Crippen LogP contribution in [0, 0.1) is 0 Å². The highest BCUT2D eigenvalue weighted by Crippen LogP contribution is 2.24. The lowest BCUT2D eigenvalue weighted by Gasteiger charge is -2.26. The molecule has 4 nitrogen and oxygen atoms in total. The Morgan fingerprint density at radius 1 is 1.29 bits per heavy atom. The Hall–Kier alpha value is 0.160. The van der Waals surface area contributed by atoms with Gasteiger partial charge in [-0.15, -0.1) is 12.4 Å². The van der Waals surface area contributed by atoms with E-state index >= 15 is 0 Å². The van der Waals surface area contributed by atoms with Gasteiger partial charge in [-0.3, -0.25) is 0 Å². The van der Waals surface area contributed by atoms with Crippen LogP contribution in [-0.4, -0.2) is 31.7 Å². The van der Waals surface area contributed by atoms with Crippen molar-refractivity contribution in [3.8, 4) is 0 Å². The van der Waals surface area contributed by atoms with Gasteiger partial charge in [0.15, 0.2) is 0 Å². The Labute approximate surface area is 92.3 Å². The van der Waals surface area contributed by atoms with Crippen LogP contribution in [0.4, 0.5) is 0 Å². The molecule has 0 spiro atoms. The zero-order valence-corrected chi connectivity index (χ0v) is 10.1. The Balaban J connectivity index is 0.00000169. The first-order chi connectivity index (χ1) is 6.09. The van der Waals surface area contributed by atoms with Gasteiger partial charge in [-0.2, -0.15) is 4.31 Å². The zero-order chi connectivity index (χ0) is 9.90. The molecule has 0 amide bonds. The van der Waals surface area contributed by atoms with E-state index in [1.807, 2.05) is 0 Å². The lowest BCUT2D eigenvalue weighted by Crippen LogP contribution is -2.40. The van der Waals surface area contributed by atoms with Crippen molar-refractivity contribution in [2.45, 2.75) is 37.4 Å². The van der Waals surface area contributed by atoms with E-state index in [0.29, 0.717) is 0 Å². The van der Waals surface area contributed by atoms with Crippen LogP contribution in [0.25, 0.3) is 0 Å². The number of rotatable bonds is 3. The summed E-state index contributed by atoms with van der Waals surface area (Å²) in [6.45, 7) is 0.0822. The predicted molar refractivity (Wildman–Crippen MR) is 59.9 cm³/mol. The number of nitrogens with two attached hydrogens (primary N) is 1. The third-order valence-corrected chi connectivity index (χ3v) is 5.00. The lowest BCUT2D eigenvalue weighted by molar-refractivity contribution is 0.430. The van der Waals surface area contributed by atoms with Crippen molar-refractivity contribution in [2.24, 2.45) is 5.73 Å². The highest BCUT2D eigenvalue weighted by molar-refractivity contribution is 7.89. The van der Waals surface area contributed by atoms with Gasteiger partial charge in [0.05, 0.1) is 11.9 Å². The minimum Gasteiger partial charge on any atom is -0.317 e. The first-order valence-electron chi connectivity index (χ1n) is 4.74. The van der Waals surface area contributed by atoms with Crippen LogP contribution in [0.1, 0.15) is 32.1 Å². The fraction of sp³-hybridized carbons (Fsp3) is 1.00. The van der Waals surface area contributed by atoms with Gasteiger partial charge in [0, 0.05) is 7.05 Å². The first kappa shape index (κ1) is 14.2. The summed E-state index contributed by atoms with van der Waals surface area (Å²) in [5.74, 6) is 0. The van der Waals surface area contributed by atoms with Gasteiger partial charge < -0.3 is 5.73 Å². The molecule has 0 unspecified atom stereocenters. The van der Waals surface area contributed by atoms with E-state index < -0.39 is 10.0 Å². The molecule has 1 fully saturated rings. The number of halogens is 1. The van der Waals surface area contributed by atoms with Gasteiger partial charge >= 0.3 is 0 Å². The SMILES string of the molecule is CN(CN)S(=O)(=O)C1CCCCC1.Cl. The second-order valence-corrected chi connectivity index (χ2v) is 5.91. The fourth-order valence-electron chi connectivity index (χ4n) is 1.72. The molecule has 14 heavy (non-hydrogen) atoms. The normalized spacial score (nSPS) is 19.4. The molecule has 0 bridgehead atoms. The van der Waals surface area contributed by atoms with Gasteiger partial charge in [-0.25, -0.2) is 8.42 Å². The largest absolute Gasteiger partial charge is 0.317 e. The number of sulfonamides is 1. The van der Waals surface area contributed by atoms with Gasteiger partial charge in [0.1, 0.15) is 0 Å². The first-order valence-corrected chi connectivity index (χ1v) is 6.24. The smallest absolute Gasteiger partial charge is 0.217 e. The van der Waals surface area contributed by atoms with Crippen molar-refractivity contribution in [3.63, 3.8) is 0 Å². The number of nitrogens with zero attached hydrogens (tertiary/aromatic N) is 1. The summed E-state index contributed by atoms with van der Waals surface area (Å²) >= 11 is 0. The molecule has 0 heterocycles. The van der Waals surface area contributed by atoms with E-state index in [1.54, 1.807) is 7.05 Å². The van der Waals surface area contributed by atoms with Crippen molar-refractivity contribution in [1.29, 1.82) is 0 Å². The molecule has 1 rings (SSSR count). The van der Waals surface area contributed by atoms with E-state index in [9.17, 15) is 8.42 Å². The molecule has 2 N–H and O–H groups in total. The third kappa shape index (κ3) is 3.08. The van der Waals surface area contributed by atoms with E-state index in [4.69, 9.17) is 5.73 Å². The molecular formula is C8H19ClN2O2S. The summed E-state index contributed by atoms with van der Waals surface area (Å²) in [5, 5.41) is -0.185. The van der Waals surface area contributed by atoms with Crippen molar-refractivity contribution < 1.29 is 8.42 Å². The quantitative estimate of drug-likeness (QED) is 0.749. The molecule has 0 aromatic rings. The Morgan fingerprint density at radius 2 is 1.79 bits per heavy atom. The van der Waals surface area contributed by atoms with Crippen LogP contribution in [0.5, 0.6) is 0 Å². The Kier molecular flexibility index (Phi) is 5.97. The van der Waals surface area contributed by atoms with E-state index in [1.165, 1.54) is 10.7 Å². The number of hydrogen-bond acceptors (Lipinski definition) is 3. The van der Waals surface area contributed by atoms with E-state index in [2.05, 4.69) is 0 Å². The predicted octanol–water partition coefficient (Wildman–Crippen LogP) is 0.919. The summed E-state index contributed by atoms with van der Waals surface area (Å²) in [6.07, 6.45) is 4.82. The molecule has 0 atom stereocenters. The maximum Gasteiger partial charge on any atom is 0.217 e. The number of hydrogen-bond donors (Lipinski definition) is 1. The average Bonchev–Trinajstić information content (AvgIpc) is 2.18. The molecule has 0 saturated heterocycles. The summed E-state index contributed by atoms with van der Waals surface area (Å²) in [4.78, 5) is 0. The molecule has 86 valence electrons. The zero-order valence-electron chi connectivity index (χ0n) is 8.48. The topological polar surface area (TPSA) is 63.4 Å². The molecule has 1 aliphatic rings. The Bertz CT molecular complexity index is 250. The van der Waals surface area contributed by atoms with Crippen LogP contribution >= 0.6 is 12.4 Å². The summed E-state index contributed by atoms with van der Waals surface area (Å²) in [6, 6.07) is 0. The third-order valence-electron chi connectivity index (χ3n) is 2.66. The van der Waals surface area contributed by atoms with Crippen molar-refractivity contribution in [2.75, 3.05) is 13.7 Å². The molecular weight excluding hydrogens is 224 g/mol. The average molecular weight is 243 g/mol. The van der Waals surface area contributed by atoms with Crippen molar-refractivity contribution in [1.82, 2.24) is 4.31 Å². The molecule has 1 saturated carbocycles. The van der Waals surface area contributed by atoms with Gasteiger partial charge in [0.2, 0.25) is 10.0 Å². The molecule has 0 aromatic carbocycles. The summed E-state index contributed by atoms with van der Waals surface area (Å²) in [5.41, 5.74) is 5.31. The van der Waals surface area contributed by atoms with Gasteiger partial charge in [-0.05, 0) is 12.8 Å². The van der Waals surface area contributed by atoms with E-state index in [-0.39, 0.29) is 24.3 Å². The van der Waals surface area contributed by atoms with Crippen molar-refractivity contribution >= 4 is 22.4 Å². The summed E-state index contributed by atoms with van der Waals surface area (Å²) in [7, 11) is -1.56. The standard InChI is InChI=1S/C8H18N2O2S.ClH/c1-10(7-9)13(11,12)8-5-3-2-4-6-8;/h8H,2-7,9H2,1H3;1H. The van der Waals surface area contributed by atoms with Crippen LogP contribution in [0.15, 0.2) is 0 Å². The monoisotopic (exact) mass is 242 g/mol. The minimum absolute atomic E-state index is 0. The highest BCUT2D eigenvalue weighted by Gasteiger charge is 2.29. The summed E-state index contributed by atoms with van der Waals surface area (Å²) < 4.78 is 24.8. The maximum absolute atomic E-state index is 11.8. The molecule has 1 aliphatic carbocycles. The molecule has 0 aromatic heterocycles. The minimum atomic E-state index is -3.10. The Morgan fingerprint density at radius 3 is 2.21 bits per heavy atom. The van der Waals surface area contributed by atoms with Crippen LogP contribution < -0.4 is 5.73 Å². The second kappa shape index (κ2) is 5.90. The second-order valence-electron chi connectivity index (χ2n) is 3.59. The fourth-order valence-corrected chi connectivity index (χ4v) is 3.37. The molecule has 6 heteroatoms. The van der Waals surface area contributed by atoms with Crippen LogP contribution in [0.3, 0.4) is 0 Å². The van der Waals surface area contributed by atoms with Gasteiger partial charge in [0.25, 0.3) is 0 Å². The maximum atomic E-state index is 11.8. The van der Waals surface area contributed by atoms with Gasteiger partial charge in [-0.1, -0.05) is 19.3 Å². The van der Waals surface area contributed by atoms with Crippen LogP contribution in [0.2, 0.25) is 0 Å². The molecule has 0 aliphatic heterocycles. The molecule has 0 radical (unpaired) electrons. The lowest BCUT2D eigenvalue weighted by atomic mass is 10.0. The van der Waals surface area contributed by atoms with Crippen LogP contribution in [-0.2, 0) is 10.0 Å².